The third-order valence-corrected chi connectivity index (χ3v) is 5.06. The first-order chi connectivity index (χ1) is 12.0. The summed E-state index contributed by atoms with van der Waals surface area (Å²) >= 11 is 0. The summed E-state index contributed by atoms with van der Waals surface area (Å²) in [5.74, 6) is 0.384. The number of nitrogens with two attached hydrogens (primary N) is 1. The Morgan fingerprint density at radius 1 is 1.36 bits per heavy atom. The molecule has 2 unspecified atom stereocenters. The van der Waals surface area contributed by atoms with Gasteiger partial charge in [-0.05, 0) is 62.1 Å². The predicted molar refractivity (Wildman–Crippen MR) is 92.7 cm³/mol. The summed E-state index contributed by atoms with van der Waals surface area (Å²) < 4.78 is 25.0. The maximum absolute atomic E-state index is 14.2. The van der Waals surface area contributed by atoms with Crippen molar-refractivity contribution in [3.8, 4) is 5.75 Å². The van der Waals surface area contributed by atoms with Crippen LogP contribution in [0.5, 0.6) is 5.75 Å². The molecule has 0 spiro atoms. The van der Waals surface area contributed by atoms with Crippen LogP contribution in [0, 0.1) is 17.7 Å². The first kappa shape index (κ1) is 18.1. The van der Waals surface area contributed by atoms with Gasteiger partial charge in [0.15, 0.2) is 11.6 Å². The molecule has 1 heterocycles. The molecule has 2 aliphatic rings. The van der Waals surface area contributed by atoms with Crippen LogP contribution >= 0.6 is 0 Å². The van der Waals surface area contributed by atoms with Gasteiger partial charge in [-0.1, -0.05) is 6.07 Å². The van der Waals surface area contributed by atoms with Crippen molar-refractivity contribution in [3.63, 3.8) is 0 Å². The Balaban J connectivity index is 1.55. The molecular weight excluding hydrogens is 323 g/mol. The molecule has 1 aromatic carbocycles. The van der Waals surface area contributed by atoms with E-state index in [0.29, 0.717) is 31.3 Å². The van der Waals surface area contributed by atoms with Gasteiger partial charge in [0.1, 0.15) is 0 Å². The molecule has 2 atom stereocenters. The monoisotopic (exact) mass is 350 g/mol. The largest absolute Gasteiger partial charge is 0.490 e. The second-order valence-corrected chi connectivity index (χ2v) is 7.15. The van der Waals surface area contributed by atoms with Crippen molar-refractivity contribution >= 4 is 5.91 Å². The van der Waals surface area contributed by atoms with Crippen molar-refractivity contribution < 1.29 is 18.7 Å². The van der Waals surface area contributed by atoms with Gasteiger partial charge in [0.05, 0.1) is 18.7 Å². The lowest BCUT2D eigenvalue weighted by atomic mass is 9.91. The number of carbonyl (C=O) groups excluding carboxylic acids is 1. The third-order valence-electron chi connectivity index (χ3n) is 5.06. The second-order valence-electron chi connectivity index (χ2n) is 7.15. The van der Waals surface area contributed by atoms with E-state index >= 15 is 0 Å². The van der Waals surface area contributed by atoms with Gasteiger partial charge >= 0.3 is 0 Å². The zero-order valence-corrected chi connectivity index (χ0v) is 14.7. The molecule has 1 saturated carbocycles. The lowest BCUT2D eigenvalue weighted by molar-refractivity contribution is -0.125. The minimum atomic E-state index is -0.558. The van der Waals surface area contributed by atoms with Gasteiger partial charge in [0.2, 0.25) is 5.91 Å². The highest BCUT2D eigenvalue weighted by Gasteiger charge is 2.27. The number of carbonyl (C=O) groups is 1. The van der Waals surface area contributed by atoms with Crippen LogP contribution in [0.3, 0.4) is 0 Å². The SMILES string of the molecule is CC(NC(=O)C(N)C1CCOCC1)c1ccc(OCC2CC2)c(F)c1. The van der Waals surface area contributed by atoms with Crippen LogP contribution in [-0.4, -0.2) is 31.8 Å². The van der Waals surface area contributed by atoms with Crippen LogP contribution in [0.4, 0.5) is 4.39 Å². The van der Waals surface area contributed by atoms with Crippen LogP contribution in [0.15, 0.2) is 18.2 Å². The van der Waals surface area contributed by atoms with Crippen molar-refractivity contribution in [2.24, 2.45) is 17.6 Å². The first-order valence-corrected chi connectivity index (χ1v) is 9.10. The Morgan fingerprint density at radius 2 is 2.08 bits per heavy atom. The van der Waals surface area contributed by atoms with Gasteiger partial charge in [0, 0.05) is 13.2 Å². The van der Waals surface area contributed by atoms with Gasteiger partial charge in [-0.25, -0.2) is 4.39 Å². The number of nitrogens with one attached hydrogen (secondary N) is 1. The molecule has 6 heteroatoms. The van der Waals surface area contributed by atoms with Crippen LogP contribution in [-0.2, 0) is 9.53 Å². The molecule has 2 fully saturated rings. The van der Waals surface area contributed by atoms with Gasteiger partial charge in [-0.2, -0.15) is 0 Å². The summed E-state index contributed by atoms with van der Waals surface area (Å²) in [4.78, 5) is 12.4. The lowest BCUT2D eigenvalue weighted by Crippen LogP contribution is -2.47. The van der Waals surface area contributed by atoms with E-state index in [-0.39, 0.29) is 23.6 Å². The van der Waals surface area contributed by atoms with Crippen LogP contribution in [0.25, 0.3) is 0 Å². The number of halogens is 1. The van der Waals surface area contributed by atoms with Crippen molar-refractivity contribution in [3.05, 3.63) is 29.6 Å². The smallest absolute Gasteiger partial charge is 0.237 e. The van der Waals surface area contributed by atoms with Gasteiger partial charge in [0.25, 0.3) is 0 Å². The number of rotatable bonds is 7. The molecule has 1 amide bonds. The summed E-state index contributed by atoms with van der Waals surface area (Å²) in [5.41, 5.74) is 6.78. The minimum absolute atomic E-state index is 0.135. The van der Waals surface area contributed by atoms with E-state index in [1.54, 1.807) is 12.1 Å². The molecule has 1 aromatic rings. The highest BCUT2D eigenvalue weighted by Crippen LogP contribution is 2.30. The van der Waals surface area contributed by atoms with E-state index in [2.05, 4.69) is 5.32 Å². The number of amides is 1. The summed E-state index contributed by atoms with van der Waals surface area (Å²) in [6, 6.07) is 3.97. The quantitative estimate of drug-likeness (QED) is 0.793. The van der Waals surface area contributed by atoms with E-state index in [1.165, 1.54) is 6.07 Å². The Bertz CT molecular complexity index is 600. The molecule has 25 heavy (non-hydrogen) atoms. The maximum Gasteiger partial charge on any atom is 0.237 e. The Kier molecular flexibility index (Phi) is 5.91. The van der Waals surface area contributed by atoms with Gasteiger partial charge in [-0.15, -0.1) is 0 Å². The standard InChI is InChI=1S/C19H27FN2O3/c1-12(22-19(23)18(21)14-6-8-24-9-7-14)15-4-5-17(16(20)10-15)25-11-13-2-3-13/h4-5,10,12-14,18H,2-3,6-9,11,21H2,1H3,(H,22,23). The fourth-order valence-electron chi connectivity index (χ4n) is 3.08. The van der Waals surface area contributed by atoms with Gasteiger partial charge in [-0.3, -0.25) is 4.79 Å². The predicted octanol–water partition coefficient (Wildman–Crippen LogP) is 2.55. The zero-order valence-electron chi connectivity index (χ0n) is 14.7. The molecule has 1 saturated heterocycles. The average molecular weight is 350 g/mol. The lowest BCUT2D eigenvalue weighted by Gasteiger charge is -2.28. The highest BCUT2D eigenvalue weighted by molar-refractivity contribution is 5.82. The minimum Gasteiger partial charge on any atom is -0.490 e. The number of benzene rings is 1. The number of ether oxygens (including phenoxy) is 2. The average Bonchev–Trinajstić information content (AvgIpc) is 3.45. The maximum atomic E-state index is 14.2. The van der Waals surface area contributed by atoms with Crippen molar-refractivity contribution in [2.75, 3.05) is 19.8 Å². The van der Waals surface area contributed by atoms with E-state index in [9.17, 15) is 9.18 Å². The molecule has 0 radical (unpaired) electrons. The first-order valence-electron chi connectivity index (χ1n) is 9.10. The Labute approximate surface area is 148 Å². The van der Waals surface area contributed by atoms with E-state index in [4.69, 9.17) is 15.2 Å². The molecule has 3 N–H and O–H groups in total. The van der Waals surface area contributed by atoms with Crippen molar-refractivity contribution in [2.45, 2.75) is 44.7 Å². The van der Waals surface area contributed by atoms with E-state index in [1.807, 2.05) is 6.92 Å². The van der Waals surface area contributed by atoms with Crippen LogP contribution in [0.1, 0.15) is 44.2 Å². The molecule has 0 aromatic heterocycles. The second kappa shape index (κ2) is 8.15. The third kappa shape index (κ3) is 4.92. The topological polar surface area (TPSA) is 73.6 Å². The molecule has 0 bridgehead atoms. The van der Waals surface area contributed by atoms with E-state index < -0.39 is 11.9 Å². The van der Waals surface area contributed by atoms with Gasteiger partial charge < -0.3 is 20.5 Å². The summed E-state index contributed by atoms with van der Waals surface area (Å²) in [5, 5.41) is 2.89. The van der Waals surface area contributed by atoms with Crippen molar-refractivity contribution in [1.29, 1.82) is 0 Å². The molecule has 3 rings (SSSR count). The fourth-order valence-corrected chi connectivity index (χ4v) is 3.08. The molecule has 1 aliphatic heterocycles. The molecule has 138 valence electrons. The van der Waals surface area contributed by atoms with Crippen LogP contribution in [0.2, 0.25) is 0 Å². The number of hydrogen-bond donors (Lipinski definition) is 2. The molecule has 5 nitrogen and oxygen atoms in total. The summed E-state index contributed by atoms with van der Waals surface area (Å²) in [6.07, 6.45) is 3.92. The zero-order chi connectivity index (χ0) is 17.8. The Morgan fingerprint density at radius 3 is 2.72 bits per heavy atom. The normalized spacial score (nSPS) is 20.8. The summed E-state index contributed by atoms with van der Waals surface area (Å²) in [7, 11) is 0. The summed E-state index contributed by atoms with van der Waals surface area (Å²) in [6.45, 7) is 3.69. The van der Waals surface area contributed by atoms with Crippen LogP contribution < -0.4 is 15.8 Å². The molecular formula is C19H27FN2O3. The van der Waals surface area contributed by atoms with Crippen molar-refractivity contribution in [1.82, 2.24) is 5.32 Å². The molecule has 1 aliphatic carbocycles. The highest BCUT2D eigenvalue weighted by atomic mass is 19.1. The fraction of sp³-hybridized carbons (Fsp3) is 0.632. The number of hydrogen-bond acceptors (Lipinski definition) is 4. The van der Waals surface area contributed by atoms with E-state index in [0.717, 1.165) is 25.7 Å². The Hall–Kier alpha value is -1.66.